The molecular weight excluding hydrogens is 366 g/mol. The van der Waals surface area contributed by atoms with E-state index in [4.69, 9.17) is 4.74 Å². The highest BCUT2D eigenvalue weighted by molar-refractivity contribution is 7.84. The van der Waals surface area contributed by atoms with E-state index in [-0.39, 0.29) is 6.10 Å². The zero-order valence-electron chi connectivity index (χ0n) is 15.7. The zero-order chi connectivity index (χ0) is 18.3. The van der Waals surface area contributed by atoms with Crippen LogP contribution in [0.25, 0.3) is 10.2 Å². The zero-order valence-corrected chi connectivity index (χ0v) is 17.4. The second kappa shape index (κ2) is 7.52. The van der Waals surface area contributed by atoms with Crippen molar-refractivity contribution in [1.29, 1.82) is 0 Å². The van der Waals surface area contributed by atoms with E-state index in [1.165, 1.54) is 23.3 Å². The van der Waals surface area contributed by atoms with Crippen LogP contribution in [0, 0.1) is 0 Å². The van der Waals surface area contributed by atoms with Gasteiger partial charge in [-0.05, 0) is 64.1 Å². The summed E-state index contributed by atoms with van der Waals surface area (Å²) < 4.78 is 18.2. The van der Waals surface area contributed by atoms with Crippen LogP contribution in [0.4, 0.5) is 0 Å². The van der Waals surface area contributed by atoms with Crippen LogP contribution >= 0.6 is 11.3 Å². The lowest BCUT2D eigenvalue weighted by atomic mass is 9.92. The van der Waals surface area contributed by atoms with Crippen LogP contribution in [-0.4, -0.2) is 57.3 Å². The average Bonchev–Trinajstić information content (AvgIpc) is 3.15. The van der Waals surface area contributed by atoms with Crippen molar-refractivity contribution in [3.05, 3.63) is 16.8 Å². The minimum atomic E-state index is -0.793. The molecule has 2 heterocycles. The van der Waals surface area contributed by atoms with Gasteiger partial charge in [0.05, 0.1) is 5.39 Å². The summed E-state index contributed by atoms with van der Waals surface area (Å²) in [6.45, 7) is 0. The molecule has 4 rings (SSSR count). The maximum absolute atomic E-state index is 11.8. The number of nitrogens with zero attached hydrogens (tertiary/aromatic N) is 3. The van der Waals surface area contributed by atoms with Gasteiger partial charge in [0.1, 0.15) is 17.3 Å². The Morgan fingerprint density at radius 1 is 1.23 bits per heavy atom. The van der Waals surface area contributed by atoms with Crippen molar-refractivity contribution in [1.82, 2.24) is 14.9 Å². The Bertz CT molecular complexity index is 812. The molecule has 1 fully saturated rings. The highest BCUT2D eigenvalue weighted by Gasteiger charge is 2.32. The quantitative estimate of drug-likeness (QED) is 0.780. The maximum atomic E-state index is 11.8. The Labute approximate surface area is 161 Å². The lowest BCUT2D eigenvalue weighted by Crippen LogP contribution is -2.35. The van der Waals surface area contributed by atoms with Gasteiger partial charge in [0.25, 0.3) is 0 Å². The van der Waals surface area contributed by atoms with Gasteiger partial charge < -0.3 is 9.64 Å². The van der Waals surface area contributed by atoms with Gasteiger partial charge in [-0.3, -0.25) is 4.21 Å². The van der Waals surface area contributed by atoms with E-state index in [9.17, 15) is 4.21 Å². The molecule has 7 heteroatoms. The normalized spacial score (nSPS) is 27.0. The molecular formula is C19H27N3O2S2. The molecule has 0 N–H and O–H groups in total. The number of fused-ring (bicyclic) bond motifs is 3. The molecule has 2 aliphatic carbocycles. The Kier molecular flexibility index (Phi) is 5.30. The number of hydrogen-bond acceptors (Lipinski definition) is 6. The van der Waals surface area contributed by atoms with Crippen molar-refractivity contribution in [3.8, 4) is 5.88 Å². The number of thiophene rings is 1. The van der Waals surface area contributed by atoms with Crippen LogP contribution in [0.5, 0.6) is 5.88 Å². The van der Waals surface area contributed by atoms with Gasteiger partial charge in [-0.15, -0.1) is 11.3 Å². The van der Waals surface area contributed by atoms with Crippen molar-refractivity contribution < 1.29 is 8.95 Å². The SMILES string of the molecule is CN(C)C1CCC(Oc2ncnc3sc4c(c23)[C@@H](CS(C)=O)CC4)CC1. The largest absolute Gasteiger partial charge is 0.474 e. The molecule has 1 saturated carbocycles. The highest BCUT2D eigenvalue weighted by atomic mass is 32.2. The van der Waals surface area contributed by atoms with Crippen LogP contribution in [0.3, 0.4) is 0 Å². The first kappa shape index (κ1) is 18.3. The molecule has 0 amide bonds. The van der Waals surface area contributed by atoms with E-state index in [0.717, 1.165) is 47.5 Å². The van der Waals surface area contributed by atoms with E-state index in [1.807, 2.05) is 0 Å². The van der Waals surface area contributed by atoms with E-state index < -0.39 is 10.8 Å². The second-order valence-corrected chi connectivity index (χ2v) is 10.3. The fourth-order valence-electron chi connectivity index (χ4n) is 4.42. The molecule has 142 valence electrons. The third kappa shape index (κ3) is 3.53. The molecule has 2 aromatic rings. The molecule has 0 aliphatic heterocycles. The Morgan fingerprint density at radius 2 is 2.00 bits per heavy atom. The summed E-state index contributed by atoms with van der Waals surface area (Å²) in [4.78, 5) is 13.7. The van der Waals surface area contributed by atoms with Gasteiger partial charge >= 0.3 is 0 Å². The fourth-order valence-corrected chi connectivity index (χ4v) is 6.55. The van der Waals surface area contributed by atoms with E-state index in [1.54, 1.807) is 23.9 Å². The predicted octanol–water partition coefficient (Wildman–Crippen LogP) is 3.35. The van der Waals surface area contributed by atoms with Crippen LogP contribution in [-0.2, 0) is 17.2 Å². The summed E-state index contributed by atoms with van der Waals surface area (Å²) >= 11 is 1.76. The molecule has 0 aromatic carbocycles. The van der Waals surface area contributed by atoms with Gasteiger partial charge in [-0.2, -0.15) is 0 Å². The summed E-state index contributed by atoms with van der Waals surface area (Å²) in [5.41, 5.74) is 1.32. The molecule has 26 heavy (non-hydrogen) atoms. The van der Waals surface area contributed by atoms with Gasteiger partial charge in [-0.25, -0.2) is 9.97 Å². The molecule has 5 nitrogen and oxygen atoms in total. The van der Waals surface area contributed by atoms with Gasteiger partial charge in [0.15, 0.2) is 0 Å². The number of rotatable bonds is 5. The third-order valence-corrected chi connectivity index (χ3v) is 7.83. The summed E-state index contributed by atoms with van der Waals surface area (Å²) in [5.74, 6) is 1.82. The first-order chi connectivity index (χ1) is 12.5. The van der Waals surface area contributed by atoms with E-state index >= 15 is 0 Å². The Hall–Kier alpha value is -1.05. The van der Waals surface area contributed by atoms with Crippen molar-refractivity contribution in [3.63, 3.8) is 0 Å². The number of aryl methyl sites for hydroxylation is 1. The fraction of sp³-hybridized carbons (Fsp3) is 0.684. The second-order valence-electron chi connectivity index (χ2n) is 7.79. The number of hydrogen-bond donors (Lipinski definition) is 0. The average molecular weight is 394 g/mol. The topological polar surface area (TPSA) is 55.3 Å². The molecule has 1 unspecified atom stereocenters. The molecule has 0 bridgehead atoms. The third-order valence-electron chi connectivity index (χ3n) is 5.78. The summed E-state index contributed by atoms with van der Waals surface area (Å²) in [7, 11) is 3.53. The first-order valence-electron chi connectivity index (χ1n) is 9.42. The number of aromatic nitrogens is 2. The predicted molar refractivity (Wildman–Crippen MR) is 108 cm³/mol. The van der Waals surface area contributed by atoms with Crippen LogP contribution in [0.15, 0.2) is 6.33 Å². The van der Waals surface area contributed by atoms with Crippen molar-refractivity contribution in [2.45, 2.75) is 56.6 Å². The van der Waals surface area contributed by atoms with Crippen LogP contribution < -0.4 is 4.74 Å². The minimum absolute atomic E-state index is 0.236. The van der Waals surface area contributed by atoms with Crippen LogP contribution in [0.2, 0.25) is 0 Å². The van der Waals surface area contributed by atoms with Gasteiger partial charge in [-0.1, -0.05) is 0 Å². The van der Waals surface area contributed by atoms with E-state index in [0.29, 0.717) is 12.0 Å². The van der Waals surface area contributed by atoms with Gasteiger partial charge in [0, 0.05) is 33.7 Å². The lowest BCUT2D eigenvalue weighted by Gasteiger charge is -2.32. The van der Waals surface area contributed by atoms with Crippen LogP contribution in [0.1, 0.15) is 48.5 Å². The summed E-state index contributed by atoms with van der Waals surface area (Å²) in [6, 6.07) is 0.662. The molecule has 0 saturated heterocycles. The Morgan fingerprint density at radius 3 is 2.69 bits per heavy atom. The first-order valence-corrected chi connectivity index (χ1v) is 12.0. The molecule has 2 aliphatic rings. The lowest BCUT2D eigenvalue weighted by molar-refractivity contribution is 0.108. The monoisotopic (exact) mass is 393 g/mol. The standard InChI is InChI=1S/C19H27N3O2S2/c1-22(2)13-5-7-14(8-6-13)24-18-17-16-12(10-26(3)23)4-9-15(16)25-19(17)21-11-20-18/h11-14H,4-10H2,1-3H3/t12-,13?,14?,26?/m1/s1. The van der Waals surface area contributed by atoms with Crippen molar-refractivity contribution in [2.24, 2.45) is 0 Å². The molecule has 2 aromatic heterocycles. The maximum Gasteiger partial charge on any atom is 0.225 e. The minimum Gasteiger partial charge on any atom is -0.474 e. The number of ether oxygens (including phenoxy) is 1. The Balaban J connectivity index is 1.59. The van der Waals surface area contributed by atoms with E-state index in [2.05, 4.69) is 29.0 Å². The molecule has 0 spiro atoms. The van der Waals surface area contributed by atoms with Crippen molar-refractivity contribution >= 4 is 32.4 Å². The summed E-state index contributed by atoms with van der Waals surface area (Å²) in [6.07, 6.45) is 10.3. The molecule has 2 atom stereocenters. The van der Waals surface area contributed by atoms with Gasteiger partial charge in [0.2, 0.25) is 5.88 Å². The molecule has 0 radical (unpaired) electrons. The smallest absolute Gasteiger partial charge is 0.225 e. The van der Waals surface area contributed by atoms with Crippen molar-refractivity contribution in [2.75, 3.05) is 26.1 Å². The highest BCUT2D eigenvalue weighted by Crippen LogP contribution is 2.46. The summed E-state index contributed by atoms with van der Waals surface area (Å²) in [5, 5.41) is 1.09.